The number of rotatable bonds is 4. The Bertz CT molecular complexity index is 583. The average Bonchev–Trinajstić information content (AvgIpc) is 2.94. The number of nitrogens with one attached hydrogen (secondary N) is 1. The van der Waals surface area contributed by atoms with E-state index in [9.17, 15) is 4.57 Å². The first-order valence-electron chi connectivity index (χ1n) is 7.67. The zero-order chi connectivity index (χ0) is 14.7. The Morgan fingerprint density at radius 3 is 1.86 bits per heavy atom. The molecular weight excluding hydrogens is 277 g/mol. The van der Waals surface area contributed by atoms with E-state index in [4.69, 9.17) is 0 Å². The molecule has 0 aliphatic heterocycles. The summed E-state index contributed by atoms with van der Waals surface area (Å²) in [6.45, 7) is 2.28. The maximum Gasteiger partial charge on any atom is 0.204 e. The molecule has 0 heterocycles. The van der Waals surface area contributed by atoms with Crippen LogP contribution in [0, 0.1) is 5.92 Å². The van der Waals surface area contributed by atoms with Crippen LogP contribution >= 0.6 is 7.29 Å². The highest BCUT2D eigenvalue weighted by molar-refractivity contribution is 7.76. The van der Waals surface area contributed by atoms with E-state index in [-0.39, 0.29) is 0 Å². The molecule has 1 aliphatic rings. The topological polar surface area (TPSA) is 29.1 Å². The first kappa shape index (κ1) is 14.6. The summed E-state index contributed by atoms with van der Waals surface area (Å²) < 4.78 is 13.8. The van der Waals surface area contributed by atoms with Crippen molar-refractivity contribution in [1.82, 2.24) is 5.09 Å². The summed E-state index contributed by atoms with van der Waals surface area (Å²) in [5, 5.41) is 5.31. The van der Waals surface area contributed by atoms with Crippen LogP contribution < -0.4 is 15.7 Å². The summed E-state index contributed by atoms with van der Waals surface area (Å²) in [6.07, 6.45) is 3.45. The summed E-state index contributed by atoms with van der Waals surface area (Å²) in [4.78, 5) is 0. The molecule has 2 aromatic rings. The van der Waals surface area contributed by atoms with Crippen LogP contribution in [-0.4, -0.2) is 6.04 Å². The van der Waals surface area contributed by atoms with Gasteiger partial charge in [-0.05, 0) is 49.4 Å². The van der Waals surface area contributed by atoms with Crippen LogP contribution in [0.4, 0.5) is 0 Å². The van der Waals surface area contributed by atoms with Crippen molar-refractivity contribution in [3.05, 3.63) is 60.7 Å². The van der Waals surface area contributed by atoms with Crippen molar-refractivity contribution in [3.8, 4) is 0 Å². The van der Waals surface area contributed by atoms with Crippen molar-refractivity contribution in [3.63, 3.8) is 0 Å². The van der Waals surface area contributed by atoms with Gasteiger partial charge in [-0.2, -0.15) is 0 Å². The zero-order valence-corrected chi connectivity index (χ0v) is 13.3. The molecule has 1 N–H and O–H groups in total. The molecule has 0 bridgehead atoms. The van der Waals surface area contributed by atoms with E-state index in [1.807, 2.05) is 60.7 Å². The lowest BCUT2D eigenvalue weighted by Crippen LogP contribution is -2.33. The fraction of sp³-hybridized carbons (Fsp3) is 0.333. The van der Waals surface area contributed by atoms with E-state index in [1.54, 1.807) is 0 Å². The van der Waals surface area contributed by atoms with Gasteiger partial charge in [0.05, 0.1) is 0 Å². The van der Waals surface area contributed by atoms with Gasteiger partial charge in [0.25, 0.3) is 0 Å². The Kier molecular flexibility index (Phi) is 4.28. The third-order valence-corrected chi connectivity index (χ3v) is 7.08. The molecule has 1 saturated carbocycles. The smallest absolute Gasteiger partial charge is 0.204 e. The van der Waals surface area contributed by atoms with E-state index in [0.29, 0.717) is 6.04 Å². The van der Waals surface area contributed by atoms with Gasteiger partial charge in [0.1, 0.15) is 0 Å². The molecule has 0 aromatic heterocycles. The van der Waals surface area contributed by atoms with Crippen LogP contribution in [-0.2, 0) is 4.57 Å². The van der Waals surface area contributed by atoms with E-state index >= 15 is 0 Å². The van der Waals surface area contributed by atoms with Gasteiger partial charge in [-0.25, -0.2) is 0 Å². The van der Waals surface area contributed by atoms with Crippen LogP contribution in [0.2, 0.25) is 0 Å². The van der Waals surface area contributed by atoms with Crippen molar-refractivity contribution < 1.29 is 4.57 Å². The second-order valence-corrected chi connectivity index (χ2v) is 8.53. The maximum atomic E-state index is 13.8. The minimum Gasteiger partial charge on any atom is -0.297 e. The molecule has 0 unspecified atom stereocenters. The Hall–Kier alpha value is -1.37. The molecule has 21 heavy (non-hydrogen) atoms. The molecule has 3 rings (SSSR count). The van der Waals surface area contributed by atoms with Crippen LogP contribution in [0.5, 0.6) is 0 Å². The average molecular weight is 299 g/mol. The van der Waals surface area contributed by atoms with Gasteiger partial charge in [0.15, 0.2) is 0 Å². The Morgan fingerprint density at radius 2 is 1.43 bits per heavy atom. The first-order chi connectivity index (χ1) is 10.2. The summed E-state index contributed by atoms with van der Waals surface area (Å²) in [5.74, 6) is 0.725. The van der Waals surface area contributed by atoms with Gasteiger partial charge in [-0.1, -0.05) is 43.3 Å². The molecule has 1 fully saturated rings. The molecule has 0 radical (unpaired) electrons. The van der Waals surface area contributed by atoms with Gasteiger partial charge in [-0.15, -0.1) is 0 Å². The lowest BCUT2D eigenvalue weighted by Gasteiger charge is -2.24. The third kappa shape index (κ3) is 3.12. The van der Waals surface area contributed by atoms with Crippen LogP contribution in [0.3, 0.4) is 0 Å². The highest BCUT2D eigenvalue weighted by Crippen LogP contribution is 2.42. The fourth-order valence-electron chi connectivity index (χ4n) is 3.16. The van der Waals surface area contributed by atoms with E-state index in [0.717, 1.165) is 29.4 Å². The second kappa shape index (κ2) is 6.17. The second-order valence-electron chi connectivity index (χ2n) is 6.02. The first-order valence-corrected chi connectivity index (χ1v) is 9.38. The van der Waals surface area contributed by atoms with Crippen molar-refractivity contribution in [1.29, 1.82) is 0 Å². The van der Waals surface area contributed by atoms with Gasteiger partial charge in [0, 0.05) is 16.7 Å². The molecule has 3 heteroatoms. The summed E-state index contributed by atoms with van der Waals surface area (Å²) >= 11 is 0. The highest BCUT2D eigenvalue weighted by atomic mass is 31.2. The summed E-state index contributed by atoms with van der Waals surface area (Å²) in [5.41, 5.74) is 0. The quantitative estimate of drug-likeness (QED) is 0.872. The minimum atomic E-state index is -2.75. The molecular formula is C18H22NOP. The van der Waals surface area contributed by atoms with Gasteiger partial charge >= 0.3 is 0 Å². The Balaban J connectivity index is 1.97. The van der Waals surface area contributed by atoms with Gasteiger partial charge < -0.3 is 0 Å². The standard InChI is InChI=1S/C18H22NOP/c1-15-12-13-16(14-15)19-21(20,17-8-4-2-5-9-17)18-10-6-3-7-11-18/h2-11,15-16H,12-14H2,1H3,(H,19,20)/t15-,16-/m1/s1. The van der Waals surface area contributed by atoms with E-state index in [2.05, 4.69) is 12.0 Å². The normalized spacial score (nSPS) is 22.3. The van der Waals surface area contributed by atoms with Crippen molar-refractivity contribution >= 4 is 17.9 Å². The largest absolute Gasteiger partial charge is 0.297 e. The van der Waals surface area contributed by atoms with Crippen molar-refractivity contribution in [2.24, 2.45) is 5.92 Å². The fourth-order valence-corrected chi connectivity index (χ4v) is 5.68. The molecule has 2 aromatic carbocycles. The molecule has 1 aliphatic carbocycles. The number of benzene rings is 2. The molecule has 0 amide bonds. The Labute approximate surface area is 127 Å². The summed E-state index contributed by atoms with van der Waals surface area (Å²) in [7, 11) is -2.75. The van der Waals surface area contributed by atoms with Crippen molar-refractivity contribution in [2.75, 3.05) is 0 Å². The minimum absolute atomic E-state index is 0.353. The molecule has 0 spiro atoms. The number of hydrogen-bond donors (Lipinski definition) is 1. The Morgan fingerprint density at radius 1 is 0.905 bits per heavy atom. The SMILES string of the molecule is C[C@@H]1CC[C@@H](NP(=O)(c2ccccc2)c2ccccc2)C1. The molecule has 2 nitrogen and oxygen atoms in total. The van der Waals surface area contributed by atoms with Crippen LogP contribution in [0.25, 0.3) is 0 Å². The zero-order valence-electron chi connectivity index (χ0n) is 12.4. The van der Waals surface area contributed by atoms with E-state index < -0.39 is 7.29 Å². The molecule has 110 valence electrons. The predicted molar refractivity (Wildman–Crippen MR) is 89.7 cm³/mol. The van der Waals surface area contributed by atoms with Crippen LogP contribution in [0.1, 0.15) is 26.2 Å². The molecule has 2 atom stereocenters. The van der Waals surface area contributed by atoms with Crippen LogP contribution in [0.15, 0.2) is 60.7 Å². The predicted octanol–water partition coefficient (Wildman–Crippen LogP) is 3.69. The monoisotopic (exact) mass is 299 g/mol. The summed E-state index contributed by atoms with van der Waals surface area (Å²) in [6, 6.07) is 20.0. The maximum absolute atomic E-state index is 13.8. The molecule has 0 saturated heterocycles. The van der Waals surface area contributed by atoms with Gasteiger partial charge in [-0.3, -0.25) is 9.65 Å². The van der Waals surface area contributed by atoms with Gasteiger partial charge in [0.2, 0.25) is 7.29 Å². The highest BCUT2D eigenvalue weighted by Gasteiger charge is 2.32. The number of hydrogen-bond acceptors (Lipinski definition) is 1. The lowest BCUT2D eigenvalue weighted by atomic mass is 10.1. The van der Waals surface area contributed by atoms with E-state index in [1.165, 1.54) is 6.42 Å². The van der Waals surface area contributed by atoms with Crippen molar-refractivity contribution in [2.45, 2.75) is 32.2 Å². The third-order valence-electron chi connectivity index (χ3n) is 4.30. The lowest BCUT2D eigenvalue weighted by molar-refractivity contribution is 0.544.